The maximum Gasteiger partial charge on any atom is 0.233 e. The van der Waals surface area contributed by atoms with Crippen molar-refractivity contribution in [3.05, 3.63) is 30.1 Å². The van der Waals surface area contributed by atoms with E-state index in [0.29, 0.717) is 4.90 Å². The van der Waals surface area contributed by atoms with Gasteiger partial charge in [-0.1, -0.05) is 0 Å². The van der Waals surface area contributed by atoms with Gasteiger partial charge in [-0.15, -0.1) is 0 Å². The van der Waals surface area contributed by atoms with E-state index in [2.05, 4.69) is 5.32 Å². The van der Waals surface area contributed by atoms with Gasteiger partial charge in [-0.2, -0.15) is 5.26 Å². The Morgan fingerprint density at radius 3 is 2.65 bits per heavy atom. The molecule has 1 aromatic rings. The first-order chi connectivity index (χ1) is 8.13. The van der Waals surface area contributed by atoms with Crippen LogP contribution in [0.2, 0.25) is 0 Å². The topological polar surface area (TPSA) is 70.0 Å². The van der Waals surface area contributed by atoms with E-state index in [1.807, 2.05) is 6.07 Å². The number of carbonyl (C=O) groups is 1. The van der Waals surface area contributed by atoms with E-state index in [4.69, 9.17) is 5.26 Å². The number of nitrogens with zero attached hydrogens (tertiary/aromatic N) is 1. The van der Waals surface area contributed by atoms with Gasteiger partial charge in [-0.05, 0) is 24.3 Å². The minimum Gasteiger partial charge on any atom is -0.354 e. The van der Waals surface area contributed by atoms with Gasteiger partial charge in [-0.25, -0.2) is 4.39 Å². The van der Waals surface area contributed by atoms with Gasteiger partial charge in [0.05, 0.1) is 23.3 Å². The highest BCUT2D eigenvalue weighted by molar-refractivity contribution is 7.85. The first kappa shape index (κ1) is 13.3. The van der Waals surface area contributed by atoms with Gasteiger partial charge in [-0.3, -0.25) is 9.00 Å². The molecule has 90 valence electrons. The van der Waals surface area contributed by atoms with Crippen LogP contribution in [0.4, 0.5) is 4.39 Å². The molecule has 0 radical (unpaired) electrons. The number of nitriles is 1. The Morgan fingerprint density at radius 1 is 1.41 bits per heavy atom. The molecule has 0 spiro atoms. The molecule has 0 fully saturated rings. The lowest BCUT2D eigenvalue weighted by Crippen LogP contribution is -2.29. The van der Waals surface area contributed by atoms with Crippen LogP contribution < -0.4 is 5.32 Å². The van der Waals surface area contributed by atoms with Crippen LogP contribution in [0.25, 0.3) is 0 Å². The standard InChI is InChI=1S/C11H11FN2O2S/c12-9-2-4-10(5-3-9)17(16)8-11(15)14-7-1-6-13/h2-5H,1,7-8H2,(H,14,15). The van der Waals surface area contributed by atoms with Crippen LogP contribution in [0.3, 0.4) is 0 Å². The van der Waals surface area contributed by atoms with Crippen molar-refractivity contribution >= 4 is 16.7 Å². The average molecular weight is 254 g/mol. The Bertz CT molecular complexity index is 454. The minimum atomic E-state index is -1.49. The molecule has 0 aliphatic heterocycles. The van der Waals surface area contributed by atoms with Crippen molar-refractivity contribution in [2.24, 2.45) is 0 Å². The van der Waals surface area contributed by atoms with E-state index in [1.54, 1.807) is 0 Å². The average Bonchev–Trinajstić information content (AvgIpc) is 2.30. The number of benzene rings is 1. The van der Waals surface area contributed by atoms with Crippen LogP contribution in [-0.4, -0.2) is 22.4 Å². The maximum atomic E-state index is 12.6. The number of amides is 1. The van der Waals surface area contributed by atoms with Gasteiger partial charge >= 0.3 is 0 Å². The van der Waals surface area contributed by atoms with Crippen LogP contribution >= 0.6 is 0 Å². The fourth-order valence-corrected chi connectivity index (χ4v) is 2.04. The fraction of sp³-hybridized carbons (Fsp3) is 0.273. The summed E-state index contributed by atoms with van der Waals surface area (Å²) in [4.78, 5) is 11.7. The molecule has 0 heterocycles. The van der Waals surface area contributed by atoms with Crippen molar-refractivity contribution in [3.8, 4) is 6.07 Å². The summed E-state index contributed by atoms with van der Waals surface area (Å²) in [6.07, 6.45) is 0.217. The molecule has 6 heteroatoms. The van der Waals surface area contributed by atoms with Gasteiger partial charge in [0.2, 0.25) is 5.91 Å². The van der Waals surface area contributed by atoms with E-state index in [9.17, 15) is 13.4 Å². The molecule has 1 rings (SSSR count). The summed E-state index contributed by atoms with van der Waals surface area (Å²) in [7, 11) is -1.49. The Balaban J connectivity index is 2.47. The van der Waals surface area contributed by atoms with E-state index in [1.165, 1.54) is 24.3 Å². The van der Waals surface area contributed by atoms with Gasteiger partial charge in [0.1, 0.15) is 11.6 Å². The number of hydrogen-bond donors (Lipinski definition) is 1. The van der Waals surface area contributed by atoms with Crippen molar-refractivity contribution in [2.45, 2.75) is 11.3 Å². The number of hydrogen-bond acceptors (Lipinski definition) is 3. The molecule has 0 saturated heterocycles. The summed E-state index contributed by atoms with van der Waals surface area (Å²) < 4.78 is 24.3. The molecule has 4 nitrogen and oxygen atoms in total. The highest BCUT2D eigenvalue weighted by atomic mass is 32.2. The van der Waals surface area contributed by atoms with Crippen LogP contribution in [0.15, 0.2) is 29.2 Å². The van der Waals surface area contributed by atoms with Gasteiger partial charge < -0.3 is 5.32 Å². The third-order valence-electron chi connectivity index (χ3n) is 1.90. The molecule has 0 saturated carbocycles. The van der Waals surface area contributed by atoms with E-state index >= 15 is 0 Å². The van der Waals surface area contributed by atoms with E-state index < -0.39 is 16.6 Å². The lowest BCUT2D eigenvalue weighted by molar-refractivity contribution is -0.118. The molecule has 17 heavy (non-hydrogen) atoms. The highest BCUT2D eigenvalue weighted by Crippen LogP contribution is 2.07. The van der Waals surface area contributed by atoms with Gasteiger partial charge in [0.25, 0.3) is 0 Å². The van der Waals surface area contributed by atoms with Gasteiger partial charge in [0, 0.05) is 11.4 Å². The number of rotatable bonds is 5. The van der Waals surface area contributed by atoms with Crippen molar-refractivity contribution in [1.29, 1.82) is 5.26 Å². The third kappa shape index (κ3) is 4.74. The Hall–Kier alpha value is -1.74. The smallest absolute Gasteiger partial charge is 0.233 e. The Kier molecular flexibility index (Phi) is 5.30. The number of nitrogens with one attached hydrogen (secondary N) is 1. The third-order valence-corrected chi connectivity index (χ3v) is 3.22. The van der Waals surface area contributed by atoms with E-state index in [0.717, 1.165) is 0 Å². The summed E-state index contributed by atoms with van der Waals surface area (Å²) in [6, 6.07) is 7.04. The second kappa shape index (κ2) is 6.76. The monoisotopic (exact) mass is 254 g/mol. The quantitative estimate of drug-likeness (QED) is 0.796. The molecule has 1 N–H and O–H groups in total. The Morgan fingerprint density at radius 2 is 2.06 bits per heavy atom. The molecule has 1 aromatic carbocycles. The summed E-state index contributed by atoms with van der Waals surface area (Å²) >= 11 is 0. The van der Waals surface area contributed by atoms with Crippen LogP contribution in [0, 0.1) is 17.1 Å². The van der Waals surface area contributed by atoms with Gasteiger partial charge in [0.15, 0.2) is 0 Å². The zero-order valence-corrected chi connectivity index (χ0v) is 9.80. The molecule has 0 aliphatic carbocycles. The fourth-order valence-electron chi connectivity index (χ4n) is 1.10. The zero-order valence-electron chi connectivity index (χ0n) is 8.98. The summed E-state index contributed by atoms with van der Waals surface area (Å²) in [5.74, 6) is -0.982. The molecule has 0 bridgehead atoms. The van der Waals surface area contributed by atoms with Crippen molar-refractivity contribution in [3.63, 3.8) is 0 Å². The molecule has 1 unspecified atom stereocenters. The SMILES string of the molecule is N#CCCNC(=O)CS(=O)c1ccc(F)cc1. The minimum absolute atomic E-state index is 0.183. The van der Waals surface area contributed by atoms with Crippen molar-refractivity contribution in [1.82, 2.24) is 5.32 Å². The summed E-state index contributed by atoms with van der Waals surface area (Å²) in [5, 5.41) is 10.7. The molecule has 0 aromatic heterocycles. The second-order valence-corrected chi connectivity index (χ2v) is 4.65. The lowest BCUT2D eigenvalue weighted by atomic mass is 10.4. The first-order valence-electron chi connectivity index (χ1n) is 4.91. The summed E-state index contributed by atoms with van der Waals surface area (Å²) in [6.45, 7) is 0.246. The summed E-state index contributed by atoms with van der Waals surface area (Å²) in [5.41, 5.74) is 0. The molecule has 1 amide bonds. The van der Waals surface area contributed by atoms with Crippen LogP contribution in [0.1, 0.15) is 6.42 Å². The van der Waals surface area contributed by atoms with Crippen molar-refractivity contribution in [2.75, 3.05) is 12.3 Å². The maximum absolute atomic E-state index is 12.6. The largest absolute Gasteiger partial charge is 0.354 e. The lowest BCUT2D eigenvalue weighted by Gasteiger charge is -2.03. The predicted molar refractivity (Wildman–Crippen MR) is 60.9 cm³/mol. The predicted octanol–water partition coefficient (Wildman–Crippen LogP) is 0.963. The Labute approximate surface area is 101 Å². The molecule has 0 aliphatic rings. The van der Waals surface area contributed by atoms with Crippen LogP contribution in [-0.2, 0) is 15.6 Å². The number of halogens is 1. The van der Waals surface area contributed by atoms with Crippen molar-refractivity contribution < 1.29 is 13.4 Å². The second-order valence-electron chi connectivity index (χ2n) is 3.20. The molecular weight excluding hydrogens is 243 g/mol. The van der Waals surface area contributed by atoms with Crippen LogP contribution in [0.5, 0.6) is 0 Å². The molecule has 1 atom stereocenters. The first-order valence-corrected chi connectivity index (χ1v) is 6.23. The number of carbonyl (C=O) groups excluding carboxylic acids is 1. The molecular formula is C11H11FN2O2S. The zero-order chi connectivity index (χ0) is 12.7. The normalized spacial score (nSPS) is 11.5. The van der Waals surface area contributed by atoms with E-state index in [-0.39, 0.29) is 24.6 Å². The highest BCUT2D eigenvalue weighted by Gasteiger charge is 2.09.